The van der Waals surface area contributed by atoms with Gasteiger partial charge in [0.1, 0.15) is 6.61 Å². The normalized spacial score (nSPS) is 12.4. The van der Waals surface area contributed by atoms with Crippen LogP contribution in [0.4, 0.5) is 0 Å². The lowest BCUT2D eigenvalue weighted by Gasteiger charge is -2.14. The summed E-state index contributed by atoms with van der Waals surface area (Å²) in [5.41, 5.74) is 0. The van der Waals surface area contributed by atoms with Gasteiger partial charge in [0.2, 0.25) is 0 Å². The van der Waals surface area contributed by atoms with Crippen LogP contribution in [0.25, 0.3) is 0 Å². The molecular formula is C14H28O4. The number of esters is 1. The third kappa shape index (κ3) is 11.9. The Morgan fingerprint density at radius 3 is 2.33 bits per heavy atom. The van der Waals surface area contributed by atoms with Crippen LogP contribution in [-0.4, -0.2) is 39.0 Å². The molecule has 0 spiro atoms. The van der Waals surface area contributed by atoms with Gasteiger partial charge in [0.05, 0.1) is 19.8 Å². The molecule has 0 aromatic rings. The predicted molar refractivity (Wildman–Crippen MR) is 71.6 cm³/mol. The van der Waals surface area contributed by atoms with E-state index in [1.54, 1.807) is 0 Å². The minimum atomic E-state index is -0.267. The number of unbranched alkanes of at least 4 members (excludes halogenated alkanes) is 1. The molecule has 18 heavy (non-hydrogen) atoms. The van der Waals surface area contributed by atoms with Crippen molar-refractivity contribution < 1.29 is 19.0 Å². The zero-order valence-electron chi connectivity index (χ0n) is 12.1. The van der Waals surface area contributed by atoms with Crippen LogP contribution in [0.15, 0.2) is 0 Å². The van der Waals surface area contributed by atoms with E-state index in [1.165, 1.54) is 32.6 Å². The Bertz CT molecular complexity index is 194. The molecule has 0 rings (SSSR count). The van der Waals surface area contributed by atoms with E-state index < -0.39 is 0 Å². The van der Waals surface area contributed by atoms with Crippen LogP contribution >= 0.6 is 0 Å². The van der Waals surface area contributed by atoms with Gasteiger partial charge in [-0.05, 0) is 12.3 Å². The highest BCUT2D eigenvalue weighted by Crippen LogP contribution is 2.12. The summed E-state index contributed by atoms with van der Waals surface area (Å²) in [7, 11) is 0. The summed E-state index contributed by atoms with van der Waals surface area (Å²) in [6.07, 6.45) is 4.95. The van der Waals surface area contributed by atoms with Gasteiger partial charge in [0, 0.05) is 13.5 Å². The van der Waals surface area contributed by atoms with E-state index in [2.05, 4.69) is 13.8 Å². The summed E-state index contributed by atoms with van der Waals surface area (Å²) in [4.78, 5) is 10.5. The first-order valence-corrected chi connectivity index (χ1v) is 6.99. The zero-order valence-corrected chi connectivity index (χ0v) is 12.1. The maximum atomic E-state index is 10.5. The third-order valence-corrected chi connectivity index (χ3v) is 2.80. The monoisotopic (exact) mass is 260 g/mol. The molecule has 108 valence electrons. The minimum Gasteiger partial charge on any atom is -0.463 e. The van der Waals surface area contributed by atoms with Crippen molar-refractivity contribution in [3.8, 4) is 0 Å². The SMILES string of the molecule is CCCCC(CC)COCCOCCOC(C)=O. The highest BCUT2D eigenvalue weighted by atomic mass is 16.6. The van der Waals surface area contributed by atoms with E-state index in [1.807, 2.05) is 0 Å². The van der Waals surface area contributed by atoms with E-state index in [-0.39, 0.29) is 5.97 Å². The largest absolute Gasteiger partial charge is 0.463 e. The molecule has 0 fully saturated rings. The maximum Gasteiger partial charge on any atom is 0.302 e. The molecule has 0 aromatic heterocycles. The summed E-state index contributed by atoms with van der Waals surface area (Å²) in [5, 5.41) is 0. The standard InChI is InChI=1S/C14H28O4/c1-4-6-7-14(5-2)12-17-9-8-16-10-11-18-13(3)15/h14H,4-12H2,1-3H3. The van der Waals surface area contributed by atoms with Gasteiger partial charge in [-0.1, -0.05) is 33.1 Å². The van der Waals surface area contributed by atoms with Crippen molar-refractivity contribution in [1.82, 2.24) is 0 Å². The lowest BCUT2D eigenvalue weighted by Crippen LogP contribution is -2.14. The second-order valence-electron chi connectivity index (χ2n) is 4.44. The molecule has 0 heterocycles. The first kappa shape index (κ1) is 17.4. The molecule has 0 saturated heterocycles. The lowest BCUT2D eigenvalue weighted by atomic mass is 10.0. The van der Waals surface area contributed by atoms with Crippen LogP contribution in [0.1, 0.15) is 46.5 Å². The Balaban J connectivity index is 3.24. The number of carbonyl (C=O) groups excluding carboxylic acids is 1. The van der Waals surface area contributed by atoms with Gasteiger partial charge < -0.3 is 14.2 Å². The van der Waals surface area contributed by atoms with Crippen LogP contribution in [0, 0.1) is 5.92 Å². The number of carbonyl (C=O) groups is 1. The smallest absolute Gasteiger partial charge is 0.302 e. The highest BCUT2D eigenvalue weighted by Gasteiger charge is 2.05. The van der Waals surface area contributed by atoms with Crippen molar-refractivity contribution in [3.05, 3.63) is 0 Å². The van der Waals surface area contributed by atoms with Crippen LogP contribution in [0.5, 0.6) is 0 Å². The fourth-order valence-corrected chi connectivity index (χ4v) is 1.61. The van der Waals surface area contributed by atoms with E-state index in [0.29, 0.717) is 32.3 Å². The summed E-state index contributed by atoms with van der Waals surface area (Å²) in [6, 6.07) is 0. The number of hydrogen-bond donors (Lipinski definition) is 0. The number of ether oxygens (including phenoxy) is 3. The first-order valence-electron chi connectivity index (χ1n) is 6.99. The fraction of sp³-hybridized carbons (Fsp3) is 0.929. The molecule has 0 radical (unpaired) electrons. The molecule has 4 heteroatoms. The summed E-state index contributed by atoms with van der Waals surface area (Å²) < 4.78 is 15.6. The van der Waals surface area contributed by atoms with E-state index >= 15 is 0 Å². The minimum absolute atomic E-state index is 0.267. The topological polar surface area (TPSA) is 44.8 Å². The van der Waals surface area contributed by atoms with Gasteiger partial charge in [-0.25, -0.2) is 0 Å². The van der Waals surface area contributed by atoms with Crippen LogP contribution in [0.3, 0.4) is 0 Å². The Morgan fingerprint density at radius 2 is 1.72 bits per heavy atom. The number of rotatable bonds is 12. The molecule has 0 aliphatic carbocycles. The van der Waals surface area contributed by atoms with E-state index in [4.69, 9.17) is 14.2 Å². The molecular weight excluding hydrogens is 232 g/mol. The summed E-state index contributed by atoms with van der Waals surface area (Å²) in [5.74, 6) is 0.405. The van der Waals surface area contributed by atoms with Gasteiger partial charge in [0.25, 0.3) is 0 Å². The van der Waals surface area contributed by atoms with Gasteiger partial charge in [-0.15, -0.1) is 0 Å². The molecule has 0 N–H and O–H groups in total. The average Bonchev–Trinajstić information content (AvgIpc) is 2.35. The summed E-state index contributed by atoms with van der Waals surface area (Å²) >= 11 is 0. The second-order valence-corrected chi connectivity index (χ2v) is 4.44. The van der Waals surface area contributed by atoms with Crippen LogP contribution in [0.2, 0.25) is 0 Å². The Labute approximate surface area is 111 Å². The molecule has 1 unspecified atom stereocenters. The zero-order chi connectivity index (χ0) is 13.6. The fourth-order valence-electron chi connectivity index (χ4n) is 1.61. The van der Waals surface area contributed by atoms with Crippen LogP contribution in [-0.2, 0) is 19.0 Å². The molecule has 0 aliphatic rings. The van der Waals surface area contributed by atoms with Gasteiger partial charge in [0.15, 0.2) is 0 Å². The molecule has 0 amide bonds. The van der Waals surface area contributed by atoms with Gasteiger partial charge in [-0.3, -0.25) is 4.79 Å². The van der Waals surface area contributed by atoms with Crippen molar-refractivity contribution in [2.45, 2.75) is 46.5 Å². The van der Waals surface area contributed by atoms with Crippen molar-refractivity contribution in [2.75, 3.05) is 33.0 Å². The van der Waals surface area contributed by atoms with Crippen molar-refractivity contribution in [3.63, 3.8) is 0 Å². The highest BCUT2D eigenvalue weighted by molar-refractivity contribution is 5.65. The van der Waals surface area contributed by atoms with Gasteiger partial charge in [-0.2, -0.15) is 0 Å². The summed E-state index contributed by atoms with van der Waals surface area (Å²) in [6.45, 7) is 8.57. The van der Waals surface area contributed by atoms with Crippen molar-refractivity contribution >= 4 is 5.97 Å². The van der Waals surface area contributed by atoms with E-state index in [9.17, 15) is 4.79 Å². The quantitative estimate of drug-likeness (QED) is 0.400. The van der Waals surface area contributed by atoms with Crippen LogP contribution < -0.4 is 0 Å². The predicted octanol–water partition coefficient (Wildman–Crippen LogP) is 2.80. The molecule has 0 saturated carbocycles. The molecule has 0 bridgehead atoms. The molecule has 0 aromatic carbocycles. The Kier molecular flexibility index (Phi) is 12.4. The Morgan fingerprint density at radius 1 is 1.06 bits per heavy atom. The Hall–Kier alpha value is -0.610. The van der Waals surface area contributed by atoms with Crippen molar-refractivity contribution in [1.29, 1.82) is 0 Å². The second kappa shape index (κ2) is 12.8. The first-order chi connectivity index (χ1) is 8.70. The van der Waals surface area contributed by atoms with Crippen molar-refractivity contribution in [2.24, 2.45) is 5.92 Å². The number of hydrogen-bond acceptors (Lipinski definition) is 4. The molecule has 4 nitrogen and oxygen atoms in total. The molecule has 0 aliphatic heterocycles. The third-order valence-electron chi connectivity index (χ3n) is 2.80. The van der Waals surface area contributed by atoms with Gasteiger partial charge >= 0.3 is 5.97 Å². The molecule has 1 atom stereocenters. The lowest BCUT2D eigenvalue weighted by molar-refractivity contribution is -0.142. The average molecular weight is 260 g/mol. The maximum absolute atomic E-state index is 10.5. The van der Waals surface area contributed by atoms with E-state index in [0.717, 1.165) is 6.61 Å².